The smallest absolute Gasteiger partial charge is 0.153 e. The molecule has 2 nitrogen and oxygen atoms in total. The predicted octanol–water partition coefficient (Wildman–Crippen LogP) is 2.37. The fourth-order valence-electron chi connectivity index (χ4n) is 0.960. The number of aldehydes is 1. The molecule has 0 aliphatic carbocycles. The van der Waals surface area contributed by atoms with Gasteiger partial charge in [-0.15, -0.1) is 0 Å². The Hall–Kier alpha value is -0.930. The molecule has 0 N–H and O–H groups in total. The molecule has 1 unspecified atom stereocenters. The van der Waals surface area contributed by atoms with E-state index in [1.54, 1.807) is 0 Å². The van der Waals surface area contributed by atoms with E-state index in [9.17, 15) is 9.18 Å². The topological polar surface area (TPSA) is 26.3 Å². The van der Waals surface area contributed by atoms with E-state index < -0.39 is 11.9 Å². The Morgan fingerprint density at radius 3 is 2.77 bits per heavy atom. The Labute approximate surface area is 80.3 Å². The summed E-state index contributed by atoms with van der Waals surface area (Å²) >= 11 is 5.53. The van der Waals surface area contributed by atoms with Gasteiger partial charge in [0.15, 0.2) is 6.29 Å². The van der Waals surface area contributed by atoms with Crippen LogP contribution < -0.4 is 0 Å². The van der Waals surface area contributed by atoms with Gasteiger partial charge < -0.3 is 9.53 Å². The normalized spacial score (nSPS) is 12.5. The van der Waals surface area contributed by atoms with Crippen LogP contribution in [0.1, 0.15) is 11.7 Å². The molecular formula is C9H8ClFO2. The van der Waals surface area contributed by atoms with E-state index in [2.05, 4.69) is 0 Å². The van der Waals surface area contributed by atoms with Crippen molar-refractivity contribution >= 4 is 17.9 Å². The SMILES string of the molecule is COC(C=O)c1ccc(F)c(Cl)c1. The van der Waals surface area contributed by atoms with E-state index in [4.69, 9.17) is 16.3 Å². The minimum absolute atomic E-state index is 0.0126. The lowest BCUT2D eigenvalue weighted by Crippen LogP contribution is -2.02. The van der Waals surface area contributed by atoms with Crippen molar-refractivity contribution in [2.45, 2.75) is 6.10 Å². The first-order valence-electron chi connectivity index (χ1n) is 3.62. The first-order chi connectivity index (χ1) is 6.19. The van der Waals surface area contributed by atoms with Gasteiger partial charge in [-0.2, -0.15) is 0 Å². The molecule has 4 heteroatoms. The standard InChI is InChI=1S/C9H8ClFO2/c1-13-9(5-12)6-2-3-8(11)7(10)4-6/h2-5,9H,1H3. The van der Waals surface area contributed by atoms with Gasteiger partial charge in [0.2, 0.25) is 0 Å². The van der Waals surface area contributed by atoms with Crippen LogP contribution in [-0.2, 0) is 9.53 Å². The minimum Gasteiger partial charge on any atom is -0.369 e. The molecule has 0 amide bonds. The Balaban J connectivity index is 3.01. The highest BCUT2D eigenvalue weighted by Crippen LogP contribution is 2.21. The number of ether oxygens (including phenoxy) is 1. The Kier molecular flexibility index (Phi) is 3.39. The van der Waals surface area contributed by atoms with E-state index in [-0.39, 0.29) is 5.02 Å². The van der Waals surface area contributed by atoms with Crippen molar-refractivity contribution in [2.24, 2.45) is 0 Å². The van der Waals surface area contributed by atoms with Crippen LogP contribution in [0.15, 0.2) is 18.2 Å². The monoisotopic (exact) mass is 202 g/mol. The molecule has 0 saturated carbocycles. The molecule has 1 aromatic carbocycles. The Morgan fingerprint density at radius 2 is 2.31 bits per heavy atom. The number of benzene rings is 1. The van der Waals surface area contributed by atoms with E-state index in [1.165, 1.54) is 25.3 Å². The van der Waals surface area contributed by atoms with Crippen LogP contribution >= 0.6 is 11.6 Å². The van der Waals surface area contributed by atoms with Crippen LogP contribution in [0.4, 0.5) is 4.39 Å². The van der Waals surface area contributed by atoms with Crippen molar-refractivity contribution in [1.82, 2.24) is 0 Å². The lowest BCUT2D eigenvalue weighted by molar-refractivity contribution is -0.116. The van der Waals surface area contributed by atoms with Crippen molar-refractivity contribution in [3.63, 3.8) is 0 Å². The zero-order valence-corrected chi connectivity index (χ0v) is 7.72. The highest BCUT2D eigenvalue weighted by molar-refractivity contribution is 6.30. The van der Waals surface area contributed by atoms with Gasteiger partial charge >= 0.3 is 0 Å². The third-order valence-corrected chi connectivity index (χ3v) is 1.94. The highest BCUT2D eigenvalue weighted by atomic mass is 35.5. The summed E-state index contributed by atoms with van der Waals surface area (Å²) in [6, 6.07) is 4.04. The number of halogens is 2. The first kappa shape index (κ1) is 10.2. The molecule has 0 heterocycles. The van der Waals surface area contributed by atoms with Gasteiger partial charge in [0.25, 0.3) is 0 Å². The van der Waals surface area contributed by atoms with Crippen LogP contribution in [0.5, 0.6) is 0 Å². The van der Waals surface area contributed by atoms with Crippen molar-refractivity contribution in [1.29, 1.82) is 0 Å². The van der Waals surface area contributed by atoms with E-state index in [0.29, 0.717) is 11.8 Å². The summed E-state index contributed by atoms with van der Waals surface area (Å²) in [6.07, 6.45) is -0.0538. The number of carbonyl (C=O) groups is 1. The number of carbonyl (C=O) groups excluding carboxylic acids is 1. The molecule has 0 saturated heterocycles. The molecule has 1 rings (SSSR count). The summed E-state index contributed by atoms with van der Waals surface area (Å²) in [5.74, 6) is -0.508. The van der Waals surface area contributed by atoms with Gasteiger partial charge in [-0.1, -0.05) is 17.7 Å². The van der Waals surface area contributed by atoms with Gasteiger partial charge in [-0.3, -0.25) is 0 Å². The van der Waals surface area contributed by atoms with Crippen molar-refractivity contribution in [2.75, 3.05) is 7.11 Å². The van der Waals surface area contributed by atoms with Crippen LogP contribution in [0.3, 0.4) is 0 Å². The molecular weight excluding hydrogens is 195 g/mol. The molecule has 1 atom stereocenters. The summed E-state index contributed by atoms with van der Waals surface area (Å²) in [5, 5.41) is -0.0126. The van der Waals surface area contributed by atoms with Crippen LogP contribution in [-0.4, -0.2) is 13.4 Å². The molecule has 0 radical (unpaired) electrons. The average Bonchev–Trinajstić information content (AvgIpc) is 2.13. The molecule has 13 heavy (non-hydrogen) atoms. The predicted molar refractivity (Wildman–Crippen MR) is 47.2 cm³/mol. The third-order valence-electron chi connectivity index (χ3n) is 1.65. The second kappa shape index (κ2) is 4.35. The zero-order chi connectivity index (χ0) is 9.84. The van der Waals surface area contributed by atoms with Crippen LogP contribution in [0.2, 0.25) is 5.02 Å². The van der Waals surface area contributed by atoms with Crippen molar-refractivity contribution in [3.05, 3.63) is 34.6 Å². The van der Waals surface area contributed by atoms with E-state index >= 15 is 0 Å². The lowest BCUT2D eigenvalue weighted by Gasteiger charge is -2.08. The van der Waals surface area contributed by atoms with Gasteiger partial charge in [0.05, 0.1) is 5.02 Å². The van der Waals surface area contributed by atoms with Crippen LogP contribution in [0.25, 0.3) is 0 Å². The number of hydrogen-bond donors (Lipinski definition) is 0. The van der Waals surface area contributed by atoms with Gasteiger partial charge in [-0.05, 0) is 17.7 Å². The molecule has 0 bridgehead atoms. The largest absolute Gasteiger partial charge is 0.369 e. The maximum atomic E-state index is 12.7. The van der Waals surface area contributed by atoms with Crippen molar-refractivity contribution < 1.29 is 13.9 Å². The third kappa shape index (κ3) is 2.26. The average molecular weight is 203 g/mol. The summed E-state index contributed by atoms with van der Waals surface area (Å²) in [4.78, 5) is 10.5. The number of methoxy groups -OCH3 is 1. The molecule has 0 aromatic heterocycles. The molecule has 0 fully saturated rings. The molecule has 1 aromatic rings. The molecule has 0 spiro atoms. The second-order valence-electron chi connectivity index (χ2n) is 2.47. The molecule has 70 valence electrons. The molecule has 0 aliphatic rings. The summed E-state index contributed by atoms with van der Waals surface area (Å²) < 4.78 is 17.5. The quantitative estimate of drug-likeness (QED) is 0.704. The fraction of sp³-hybridized carbons (Fsp3) is 0.222. The Morgan fingerprint density at radius 1 is 1.62 bits per heavy atom. The van der Waals surface area contributed by atoms with Gasteiger partial charge in [0.1, 0.15) is 11.9 Å². The van der Waals surface area contributed by atoms with Gasteiger partial charge in [-0.25, -0.2) is 4.39 Å². The maximum absolute atomic E-state index is 12.7. The minimum atomic E-state index is -0.682. The fourth-order valence-corrected chi connectivity index (χ4v) is 1.15. The number of hydrogen-bond acceptors (Lipinski definition) is 2. The van der Waals surface area contributed by atoms with Gasteiger partial charge in [0, 0.05) is 7.11 Å². The number of rotatable bonds is 3. The summed E-state index contributed by atoms with van der Waals surface area (Å²) in [6.45, 7) is 0. The zero-order valence-electron chi connectivity index (χ0n) is 6.96. The maximum Gasteiger partial charge on any atom is 0.153 e. The van der Waals surface area contributed by atoms with E-state index in [1.807, 2.05) is 0 Å². The summed E-state index contributed by atoms with van der Waals surface area (Å²) in [5.41, 5.74) is 0.545. The van der Waals surface area contributed by atoms with Crippen molar-refractivity contribution in [3.8, 4) is 0 Å². The Bertz CT molecular complexity index is 314. The first-order valence-corrected chi connectivity index (χ1v) is 4.00. The lowest BCUT2D eigenvalue weighted by atomic mass is 10.1. The highest BCUT2D eigenvalue weighted by Gasteiger charge is 2.10. The second-order valence-corrected chi connectivity index (χ2v) is 2.87. The summed E-state index contributed by atoms with van der Waals surface area (Å²) in [7, 11) is 1.40. The molecule has 0 aliphatic heterocycles. The van der Waals surface area contributed by atoms with Crippen LogP contribution in [0, 0.1) is 5.82 Å². The van der Waals surface area contributed by atoms with E-state index in [0.717, 1.165) is 0 Å².